The SMILES string of the molecule is COc1nc(N)nc2nccnc12. The number of hydrogen-bond acceptors (Lipinski definition) is 6. The molecule has 0 aliphatic heterocycles. The van der Waals surface area contributed by atoms with Crippen molar-refractivity contribution in [3.05, 3.63) is 12.4 Å². The average molecular weight is 177 g/mol. The van der Waals surface area contributed by atoms with E-state index in [9.17, 15) is 0 Å². The van der Waals surface area contributed by atoms with Crippen molar-refractivity contribution in [2.24, 2.45) is 0 Å². The molecule has 0 saturated heterocycles. The highest BCUT2D eigenvalue weighted by molar-refractivity contribution is 5.75. The van der Waals surface area contributed by atoms with E-state index in [-0.39, 0.29) is 5.95 Å². The van der Waals surface area contributed by atoms with Gasteiger partial charge in [-0.05, 0) is 0 Å². The highest BCUT2D eigenvalue weighted by atomic mass is 16.5. The summed E-state index contributed by atoms with van der Waals surface area (Å²) in [5.41, 5.74) is 6.38. The first kappa shape index (κ1) is 7.66. The minimum Gasteiger partial charge on any atom is -0.479 e. The van der Waals surface area contributed by atoms with Crippen molar-refractivity contribution in [2.75, 3.05) is 12.8 Å². The van der Waals surface area contributed by atoms with Gasteiger partial charge in [-0.3, -0.25) is 0 Å². The Kier molecular flexibility index (Phi) is 1.66. The standard InChI is InChI=1S/C7H7N5O/c1-13-6-4-5(10-3-2-9-4)11-7(8)12-6/h2-3H,1H3,(H2,8,10,11,12). The first-order valence-corrected chi connectivity index (χ1v) is 3.59. The summed E-state index contributed by atoms with van der Waals surface area (Å²) in [5.74, 6) is 0.473. The van der Waals surface area contributed by atoms with Gasteiger partial charge in [0.25, 0.3) is 0 Å². The van der Waals surface area contributed by atoms with Crippen LogP contribution in [0, 0.1) is 0 Å². The second kappa shape index (κ2) is 2.81. The predicted molar refractivity (Wildman–Crippen MR) is 46.1 cm³/mol. The van der Waals surface area contributed by atoms with Crippen LogP contribution in [0.3, 0.4) is 0 Å². The van der Waals surface area contributed by atoms with Gasteiger partial charge in [-0.2, -0.15) is 9.97 Å². The fraction of sp³-hybridized carbons (Fsp3) is 0.143. The van der Waals surface area contributed by atoms with Crippen molar-refractivity contribution < 1.29 is 4.74 Å². The van der Waals surface area contributed by atoms with E-state index in [0.29, 0.717) is 17.0 Å². The molecule has 66 valence electrons. The lowest BCUT2D eigenvalue weighted by Crippen LogP contribution is -2.00. The van der Waals surface area contributed by atoms with E-state index >= 15 is 0 Å². The van der Waals surface area contributed by atoms with E-state index in [1.54, 1.807) is 6.20 Å². The molecule has 0 atom stereocenters. The molecule has 0 aromatic carbocycles. The lowest BCUT2D eigenvalue weighted by molar-refractivity contribution is 0.402. The van der Waals surface area contributed by atoms with E-state index in [4.69, 9.17) is 10.5 Å². The van der Waals surface area contributed by atoms with Gasteiger partial charge in [0, 0.05) is 12.4 Å². The molecule has 0 fully saturated rings. The van der Waals surface area contributed by atoms with Gasteiger partial charge in [0.2, 0.25) is 11.8 Å². The minimum absolute atomic E-state index is 0.129. The normalized spacial score (nSPS) is 10.2. The summed E-state index contributed by atoms with van der Waals surface area (Å²) >= 11 is 0. The van der Waals surface area contributed by atoms with Crippen molar-refractivity contribution >= 4 is 17.1 Å². The van der Waals surface area contributed by atoms with Crippen LogP contribution >= 0.6 is 0 Å². The van der Waals surface area contributed by atoms with Crippen molar-refractivity contribution in [3.8, 4) is 5.88 Å². The number of nitrogens with two attached hydrogens (primary N) is 1. The summed E-state index contributed by atoms with van der Waals surface area (Å²) < 4.78 is 4.97. The Balaban J connectivity index is 2.81. The number of nitrogens with zero attached hydrogens (tertiary/aromatic N) is 4. The van der Waals surface area contributed by atoms with Gasteiger partial charge in [0.05, 0.1) is 7.11 Å². The van der Waals surface area contributed by atoms with Crippen molar-refractivity contribution in [1.29, 1.82) is 0 Å². The summed E-state index contributed by atoms with van der Waals surface area (Å²) in [4.78, 5) is 15.8. The first-order valence-electron chi connectivity index (χ1n) is 3.59. The molecule has 2 N–H and O–H groups in total. The number of anilines is 1. The largest absolute Gasteiger partial charge is 0.479 e. The number of fused-ring (bicyclic) bond motifs is 1. The van der Waals surface area contributed by atoms with Crippen LogP contribution in [0.25, 0.3) is 11.2 Å². The Morgan fingerprint density at radius 3 is 2.77 bits per heavy atom. The number of methoxy groups -OCH3 is 1. The van der Waals surface area contributed by atoms with Gasteiger partial charge in [-0.15, -0.1) is 0 Å². The molecule has 6 nitrogen and oxygen atoms in total. The lowest BCUT2D eigenvalue weighted by atomic mass is 10.5. The molecule has 2 rings (SSSR count). The Hall–Kier alpha value is -1.98. The molecule has 0 amide bonds. The smallest absolute Gasteiger partial charge is 0.246 e. The molecule has 0 bridgehead atoms. The van der Waals surface area contributed by atoms with Crippen LogP contribution in [0.4, 0.5) is 5.95 Å². The Morgan fingerprint density at radius 2 is 2.00 bits per heavy atom. The van der Waals surface area contributed by atoms with E-state index in [1.165, 1.54) is 13.3 Å². The molecule has 0 unspecified atom stereocenters. The topological polar surface area (TPSA) is 86.8 Å². The molecule has 2 aromatic rings. The maximum atomic E-state index is 5.43. The molecular weight excluding hydrogens is 170 g/mol. The van der Waals surface area contributed by atoms with Crippen LogP contribution in [-0.4, -0.2) is 27.0 Å². The fourth-order valence-electron chi connectivity index (χ4n) is 0.996. The van der Waals surface area contributed by atoms with Crippen molar-refractivity contribution in [3.63, 3.8) is 0 Å². The predicted octanol–water partition coefficient (Wildman–Crippen LogP) is 0.0106. The van der Waals surface area contributed by atoms with Crippen LogP contribution in [0.15, 0.2) is 12.4 Å². The number of hydrogen-bond donors (Lipinski definition) is 1. The Labute approximate surface area is 73.8 Å². The van der Waals surface area contributed by atoms with Crippen LogP contribution in [0.5, 0.6) is 5.88 Å². The van der Waals surface area contributed by atoms with Gasteiger partial charge >= 0.3 is 0 Å². The number of ether oxygens (including phenoxy) is 1. The van der Waals surface area contributed by atoms with Crippen LogP contribution in [-0.2, 0) is 0 Å². The summed E-state index contributed by atoms with van der Waals surface area (Å²) in [5, 5.41) is 0. The maximum Gasteiger partial charge on any atom is 0.246 e. The maximum absolute atomic E-state index is 5.43. The van der Waals surface area contributed by atoms with Crippen LogP contribution in [0.1, 0.15) is 0 Å². The molecule has 0 spiro atoms. The molecule has 2 aromatic heterocycles. The van der Waals surface area contributed by atoms with Crippen molar-refractivity contribution in [2.45, 2.75) is 0 Å². The van der Waals surface area contributed by atoms with Gasteiger partial charge in [-0.1, -0.05) is 0 Å². The number of nitrogen functional groups attached to an aromatic ring is 1. The van der Waals surface area contributed by atoms with Gasteiger partial charge in [0.15, 0.2) is 11.2 Å². The summed E-state index contributed by atoms with van der Waals surface area (Å²) in [6.45, 7) is 0. The molecule has 13 heavy (non-hydrogen) atoms. The van der Waals surface area contributed by atoms with Crippen molar-refractivity contribution in [1.82, 2.24) is 19.9 Å². The zero-order valence-corrected chi connectivity index (χ0v) is 6.93. The monoisotopic (exact) mass is 177 g/mol. The third-order valence-corrected chi connectivity index (χ3v) is 1.51. The number of rotatable bonds is 1. The second-order valence-corrected chi connectivity index (χ2v) is 2.32. The quantitative estimate of drug-likeness (QED) is 0.660. The Morgan fingerprint density at radius 1 is 1.23 bits per heavy atom. The third kappa shape index (κ3) is 1.22. The summed E-state index contributed by atoms with van der Waals surface area (Å²) in [7, 11) is 1.50. The zero-order chi connectivity index (χ0) is 9.26. The molecule has 6 heteroatoms. The van der Waals surface area contributed by atoms with Crippen LogP contribution in [0.2, 0.25) is 0 Å². The van der Waals surface area contributed by atoms with E-state index < -0.39 is 0 Å². The van der Waals surface area contributed by atoms with E-state index in [0.717, 1.165) is 0 Å². The highest BCUT2D eigenvalue weighted by Gasteiger charge is 2.07. The summed E-state index contributed by atoms with van der Waals surface area (Å²) in [6.07, 6.45) is 3.08. The fourth-order valence-corrected chi connectivity index (χ4v) is 0.996. The van der Waals surface area contributed by atoms with Crippen LogP contribution < -0.4 is 10.5 Å². The molecular formula is C7H7N5O. The number of aromatic nitrogens is 4. The summed E-state index contributed by atoms with van der Waals surface area (Å²) in [6, 6.07) is 0. The average Bonchev–Trinajstić information content (AvgIpc) is 2.16. The molecule has 0 saturated carbocycles. The Bertz CT molecular complexity index is 444. The van der Waals surface area contributed by atoms with Gasteiger partial charge < -0.3 is 10.5 Å². The molecule has 2 heterocycles. The molecule has 0 aliphatic carbocycles. The zero-order valence-electron chi connectivity index (χ0n) is 6.93. The highest BCUT2D eigenvalue weighted by Crippen LogP contribution is 2.17. The second-order valence-electron chi connectivity index (χ2n) is 2.32. The first-order chi connectivity index (χ1) is 6.31. The molecule has 0 aliphatic rings. The lowest BCUT2D eigenvalue weighted by Gasteiger charge is -2.01. The molecule has 0 radical (unpaired) electrons. The minimum atomic E-state index is 0.129. The van der Waals surface area contributed by atoms with Gasteiger partial charge in [0.1, 0.15) is 0 Å². The third-order valence-electron chi connectivity index (χ3n) is 1.51. The van der Waals surface area contributed by atoms with E-state index in [1.807, 2.05) is 0 Å². The van der Waals surface area contributed by atoms with Gasteiger partial charge in [-0.25, -0.2) is 9.97 Å². The van der Waals surface area contributed by atoms with E-state index in [2.05, 4.69) is 19.9 Å².